The minimum atomic E-state index is -0.854. The van der Waals surface area contributed by atoms with Crippen molar-refractivity contribution in [2.75, 3.05) is 5.75 Å². The maximum Gasteiger partial charge on any atom is 0.304 e. The number of H-pyrrole nitrogens is 1. The van der Waals surface area contributed by atoms with Crippen molar-refractivity contribution in [3.8, 4) is 0 Å². The van der Waals surface area contributed by atoms with Gasteiger partial charge in [0.15, 0.2) is 5.16 Å². The van der Waals surface area contributed by atoms with Gasteiger partial charge in [-0.15, -0.1) is 0 Å². The molecule has 76 valence electrons. The predicted molar refractivity (Wildman–Crippen MR) is 52.6 cm³/mol. The molecule has 0 unspecified atom stereocenters. The molecule has 0 saturated heterocycles. The number of nitrogens with zero attached hydrogens (tertiary/aromatic N) is 1. The summed E-state index contributed by atoms with van der Waals surface area (Å²) in [4.78, 5) is 27.8. The van der Waals surface area contributed by atoms with Gasteiger partial charge in [0.05, 0.1) is 6.42 Å². The summed E-state index contributed by atoms with van der Waals surface area (Å²) >= 11 is 1.23. The van der Waals surface area contributed by atoms with E-state index < -0.39 is 5.97 Å². The quantitative estimate of drug-likeness (QED) is 0.568. The minimum Gasteiger partial charge on any atom is -0.481 e. The van der Waals surface area contributed by atoms with Crippen LogP contribution in [0.3, 0.4) is 0 Å². The van der Waals surface area contributed by atoms with Gasteiger partial charge in [0.2, 0.25) is 0 Å². The van der Waals surface area contributed by atoms with Crippen molar-refractivity contribution in [1.82, 2.24) is 9.97 Å². The lowest BCUT2D eigenvalue weighted by molar-refractivity contribution is -0.136. The van der Waals surface area contributed by atoms with Crippen LogP contribution < -0.4 is 5.56 Å². The molecule has 0 aliphatic heterocycles. The van der Waals surface area contributed by atoms with Crippen LogP contribution in [0.1, 0.15) is 12.1 Å². The van der Waals surface area contributed by atoms with E-state index in [0.29, 0.717) is 16.6 Å². The van der Waals surface area contributed by atoms with E-state index in [9.17, 15) is 9.59 Å². The molecule has 14 heavy (non-hydrogen) atoms. The van der Waals surface area contributed by atoms with Gasteiger partial charge in [0.1, 0.15) is 0 Å². The molecule has 0 aromatic carbocycles. The molecular formula is C8H10N2O3S. The standard InChI is InChI=1S/C8H10N2O3S/c1-5-4-6(11)10-8(9-5)14-3-2-7(12)13/h4H,2-3H2,1H3,(H,12,13)(H,9,10,11). The maximum absolute atomic E-state index is 11.0. The summed E-state index contributed by atoms with van der Waals surface area (Å²) < 4.78 is 0. The zero-order valence-corrected chi connectivity index (χ0v) is 8.43. The summed E-state index contributed by atoms with van der Waals surface area (Å²) in [6.07, 6.45) is 0.0579. The first-order chi connectivity index (χ1) is 6.58. The lowest BCUT2D eigenvalue weighted by atomic mass is 10.5. The third kappa shape index (κ3) is 3.61. The highest BCUT2D eigenvalue weighted by Gasteiger charge is 2.01. The highest BCUT2D eigenvalue weighted by molar-refractivity contribution is 7.99. The lowest BCUT2D eigenvalue weighted by Gasteiger charge is -1.99. The Morgan fingerprint density at radius 2 is 2.43 bits per heavy atom. The smallest absolute Gasteiger partial charge is 0.304 e. The number of hydrogen-bond acceptors (Lipinski definition) is 4. The number of aliphatic carboxylic acids is 1. The highest BCUT2D eigenvalue weighted by atomic mass is 32.2. The van der Waals surface area contributed by atoms with Gasteiger partial charge in [0, 0.05) is 17.5 Å². The Morgan fingerprint density at radius 1 is 1.71 bits per heavy atom. The summed E-state index contributed by atoms with van der Waals surface area (Å²) in [7, 11) is 0. The van der Waals surface area contributed by atoms with Crippen LogP contribution in [0.5, 0.6) is 0 Å². The molecule has 0 spiro atoms. The molecular weight excluding hydrogens is 204 g/mol. The number of nitrogens with one attached hydrogen (secondary N) is 1. The molecule has 2 N–H and O–H groups in total. The normalized spacial score (nSPS) is 10.1. The van der Waals surface area contributed by atoms with Crippen molar-refractivity contribution in [2.45, 2.75) is 18.5 Å². The lowest BCUT2D eigenvalue weighted by Crippen LogP contribution is -2.08. The molecule has 6 heteroatoms. The van der Waals surface area contributed by atoms with Crippen LogP contribution in [0.4, 0.5) is 0 Å². The van der Waals surface area contributed by atoms with Crippen LogP contribution in [0.25, 0.3) is 0 Å². The van der Waals surface area contributed by atoms with E-state index in [-0.39, 0.29) is 12.0 Å². The van der Waals surface area contributed by atoms with E-state index >= 15 is 0 Å². The molecule has 0 radical (unpaired) electrons. The van der Waals surface area contributed by atoms with Gasteiger partial charge in [-0.05, 0) is 6.92 Å². The number of aryl methyl sites for hydroxylation is 1. The van der Waals surface area contributed by atoms with E-state index in [4.69, 9.17) is 5.11 Å². The van der Waals surface area contributed by atoms with E-state index in [2.05, 4.69) is 9.97 Å². The number of hydrogen-bond donors (Lipinski definition) is 2. The van der Waals surface area contributed by atoms with E-state index in [1.54, 1.807) is 6.92 Å². The summed E-state index contributed by atoms with van der Waals surface area (Å²) in [6, 6.07) is 1.39. The molecule has 0 amide bonds. The fraction of sp³-hybridized carbons (Fsp3) is 0.375. The number of carboxylic acid groups (broad SMARTS) is 1. The van der Waals surface area contributed by atoms with Crippen LogP contribution in [-0.4, -0.2) is 26.8 Å². The average molecular weight is 214 g/mol. The van der Waals surface area contributed by atoms with Crippen molar-refractivity contribution in [3.63, 3.8) is 0 Å². The summed E-state index contributed by atoms with van der Waals surface area (Å²) in [5.41, 5.74) is 0.418. The van der Waals surface area contributed by atoms with Gasteiger partial charge < -0.3 is 10.1 Å². The number of carbonyl (C=O) groups is 1. The number of carboxylic acids is 1. The predicted octanol–water partition coefficient (Wildman–Crippen LogP) is 0.645. The summed E-state index contributed by atoms with van der Waals surface area (Å²) in [5, 5.41) is 8.86. The number of thioether (sulfide) groups is 1. The van der Waals surface area contributed by atoms with Gasteiger partial charge in [0.25, 0.3) is 5.56 Å². The van der Waals surface area contributed by atoms with E-state index in [1.165, 1.54) is 17.8 Å². The van der Waals surface area contributed by atoms with Crippen LogP contribution in [0, 0.1) is 6.92 Å². The van der Waals surface area contributed by atoms with Gasteiger partial charge in [-0.1, -0.05) is 11.8 Å². The Morgan fingerprint density at radius 3 is 3.00 bits per heavy atom. The van der Waals surface area contributed by atoms with Gasteiger partial charge >= 0.3 is 5.97 Å². The molecule has 0 aliphatic carbocycles. The SMILES string of the molecule is Cc1cc(=O)[nH]c(SCCC(=O)O)n1. The second-order valence-electron chi connectivity index (χ2n) is 2.68. The van der Waals surface area contributed by atoms with Crippen LogP contribution in [-0.2, 0) is 4.79 Å². The molecule has 1 aromatic rings. The monoisotopic (exact) mass is 214 g/mol. The zero-order valence-electron chi connectivity index (χ0n) is 7.61. The largest absolute Gasteiger partial charge is 0.481 e. The van der Waals surface area contributed by atoms with Crippen molar-refractivity contribution >= 4 is 17.7 Å². The molecule has 0 atom stereocenters. The molecule has 0 saturated carbocycles. The van der Waals surface area contributed by atoms with Crippen LogP contribution in [0.15, 0.2) is 16.0 Å². The Kier molecular flexibility index (Phi) is 3.70. The van der Waals surface area contributed by atoms with Crippen molar-refractivity contribution in [2.24, 2.45) is 0 Å². The maximum atomic E-state index is 11.0. The highest BCUT2D eigenvalue weighted by Crippen LogP contribution is 2.11. The number of aromatic nitrogens is 2. The van der Waals surface area contributed by atoms with Crippen LogP contribution >= 0.6 is 11.8 Å². The van der Waals surface area contributed by atoms with E-state index in [1.807, 2.05) is 0 Å². The minimum absolute atomic E-state index is 0.0579. The second-order valence-corrected chi connectivity index (χ2v) is 3.77. The Labute approximate surface area is 84.6 Å². The van der Waals surface area contributed by atoms with Gasteiger partial charge in [-0.3, -0.25) is 9.59 Å². The van der Waals surface area contributed by atoms with E-state index in [0.717, 1.165) is 0 Å². The third-order valence-corrected chi connectivity index (χ3v) is 2.28. The second kappa shape index (κ2) is 4.80. The third-order valence-electron chi connectivity index (χ3n) is 1.40. The Hall–Kier alpha value is -1.30. The first-order valence-corrected chi connectivity index (χ1v) is 4.99. The first kappa shape index (κ1) is 10.8. The molecule has 0 fully saturated rings. The number of aromatic amines is 1. The molecule has 0 aliphatic rings. The van der Waals surface area contributed by atoms with Gasteiger partial charge in [-0.2, -0.15) is 0 Å². The van der Waals surface area contributed by atoms with Gasteiger partial charge in [-0.25, -0.2) is 4.98 Å². The zero-order chi connectivity index (χ0) is 10.6. The van der Waals surface area contributed by atoms with Crippen molar-refractivity contribution in [1.29, 1.82) is 0 Å². The fourth-order valence-electron chi connectivity index (χ4n) is 0.855. The van der Waals surface area contributed by atoms with Crippen molar-refractivity contribution < 1.29 is 9.90 Å². The molecule has 0 bridgehead atoms. The molecule has 5 nitrogen and oxygen atoms in total. The Balaban J connectivity index is 2.59. The van der Waals surface area contributed by atoms with Crippen LogP contribution in [0.2, 0.25) is 0 Å². The average Bonchev–Trinajstić information content (AvgIpc) is 2.01. The number of rotatable bonds is 4. The molecule has 1 rings (SSSR count). The van der Waals surface area contributed by atoms with Crippen molar-refractivity contribution in [3.05, 3.63) is 22.1 Å². The topological polar surface area (TPSA) is 83.0 Å². The summed E-state index contributed by atoms with van der Waals surface area (Å²) in [6.45, 7) is 1.72. The first-order valence-electron chi connectivity index (χ1n) is 4.00. The molecule has 1 aromatic heterocycles. The fourth-order valence-corrected chi connectivity index (χ4v) is 1.71. The Bertz CT molecular complexity index is 388. The summed E-state index contributed by atoms with van der Waals surface area (Å²) in [5.74, 6) is -0.450. The molecule has 1 heterocycles.